The van der Waals surface area contributed by atoms with Crippen LogP contribution < -0.4 is 10.6 Å². The molecule has 0 spiro atoms. The molecule has 0 unspecified atom stereocenters. The molecule has 4 heterocycles. The monoisotopic (exact) mass is 468 g/mol. The van der Waals surface area contributed by atoms with E-state index in [9.17, 15) is 9.59 Å². The highest BCUT2D eigenvalue weighted by Crippen LogP contribution is 2.30. The van der Waals surface area contributed by atoms with Crippen LogP contribution in [0.5, 0.6) is 0 Å². The van der Waals surface area contributed by atoms with E-state index in [1.54, 1.807) is 70.9 Å². The summed E-state index contributed by atoms with van der Waals surface area (Å²) >= 11 is 1.56. The second-order valence-electron chi connectivity index (χ2n) is 7.66. The second kappa shape index (κ2) is 8.87. The molecule has 0 saturated heterocycles. The van der Waals surface area contributed by atoms with Gasteiger partial charge in [-0.05, 0) is 54.8 Å². The molecule has 9 heteroatoms. The quantitative estimate of drug-likeness (QED) is 0.382. The topological polar surface area (TPSA) is 102 Å². The number of nitrogens with zero attached hydrogens (tertiary/aromatic N) is 4. The number of anilines is 2. The van der Waals surface area contributed by atoms with Crippen LogP contribution >= 0.6 is 11.3 Å². The minimum absolute atomic E-state index is 0.256. The molecule has 0 saturated carbocycles. The fraction of sp³-hybridized carbons (Fsp3) is 0.0800. The van der Waals surface area contributed by atoms with E-state index >= 15 is 0 Å². The van der Waals surface area contributed by atoms with Crippen LogP contribution in [0, 0.1) is 6.92 Å². The number of nitrogens with one attached hydrogen (secondary N) is 2. The second-order valence-corrected chi connectivity index (χ2v) is 8.61. The maximum Gasteiger partial charge on any atom is 0.256 e. The summed E-state index contributed by atoms with van der Waals surface area (Å²) in [6.07, 6.45) is 3.12. The zero-order valence-corrected chi connectivity index (χ0v) is 19.3. The van der Waals surface area contributed by atoms with Crippen molar-refractivity contribution in [2.45, 2.75) is 6.92 Å². The molecule has 2 N–H and O–H groups in total. The molecule has 2 amide bonds. The van der Waals surface area contributed by atoms with Crippen LogP contribution in [0.1, 0.15) is 26.4 Å². The summed E-state index contributed by atoms with van der Waals surface area (Å²) in [5.74, 6) is -0.535. The van der Waals surface area contributed by atoms with Crippen LogP contribution in [0.3, 0.4) is 0 Å². The molecule has 0 aliphatic carbocycles. The summed E-state index contributed by atoms with van der Waals surface area (Å²) in [5, 5.41) is 12.9. The minimum Gasteiger partial charge on any atom is -0.322 e. The number of aryl methyl sites for hydroxylation is 2. The van der Waals surface area contributed by atoms with Gasteiger partial charge >= 0.3 is 0 Å². The van der Waals surface area contributed by atoms with E-state index in [1.807, 2.05) is 31.5 Å². The summed E-state index contributed by atoms with van der Waals surface area (Å²) in [6.45, 7) is 1.86. The smallest absolute Gasteiger partial charge is 0.256 e. The van der Waals surface area contributed by atoms with Crippen molar-refractivity contribution in [1.29, 1.82) is 0 Å². The number of benzene rings is 1. The van der Waals surface area contributed by atoms with Crippen molar-refractivity contribution in [3.8, 4) is 10.6 Å². The van der Waals surface area contributed by atoms with Gasteiger partial charge in [-0.25, -0.2) is 4.98 Å². The van der Waals surface area contributed by atoms with Gasteiger partial charge in [0, 0.05) is 36.4 Å². The Hall–Kier alpha value is -4.37. The molecule has 5 aromatic rings. The first-order valence-electron chi connectivity index (χ1n) is 10.5. The summed E-state index contributed by atoms with van der Waals surface area (Å²) < 4.78 is 1.69. The molecule has 34 heavy (non-hydrogen) atoms. The van der Waals surface area contributed by atoms with E-state index in [-0.39, 0.29) is 11.8 Å². The maximum atomic E-state index is 13.4. The number of hydrogen-bond donors (Lipinski definition) is 2. The lowest BCUT2D eigenvalue weighted by Gasteiger charge is -2.11. The van der Waals surface area contributed by atoms with Crippen LogP contribution in [0.15, 0.2) is 72.4 Å². The van der Waals surface area contributed by atoms with Crippen LogP contribution in [-0.2, 0) is 7.05 Å². The first-order chi connectivity index (χ1) is 16.5. The number of fused-ring (bicyclic) bond motifs is 1. The maximum absolute atomic E-state index is 13.4. The number of aromatic nitrogens is 4. The summed E-state index contributed by atoms with van der Waals surface area (Å²) in [7, 11) is 1.82. The van der Waals surface area contributed by atoms with Gasteiger partial charge in [-0.15, -0.1) is 11.3 Å². The average Bonchev–Trinajstić information content (AvgIpc) is 3.48. The Labute approximate surface area is 199 Å². The van der Waals surface area contributed by atoms with Gasteiger partial charge < -0.3 is 10.6 Å². The molecular formula is C25H20N6O2S. The third-order valence-corrected chi connectivity index (χ3v) is 6.20. The Kier molecular flexibility index (Phi) is 5.60. The van der Waals surface area contributed by atoms with Crippen molar-refractivity contribution >= 4 is 45.6 Å². The average molecular weight is 469 g/mol. The molecule has 1 aromatic carbocycles. The minimum atomic E-state index is -0.279. The third-order valence-electron chi connectivity index (χ3n) is 5.31. The zero-order chi connectivity index (χ0) is 23.7. The Morgan fingerprint density at radius 1 is 0.941 bits per heavy atom. The lowest BCUT2D eigenvalue weighted by Crippen LogP contribution is -2.14. The Morgan fingerprint density at radius 3 is 2.38 bits per heavy atom. The highest BCUT2D eigenvalue weighted by atomic mass is 32.1. The summed E-state index contributed by atoms with van der Waals surface area (Å²) in [6, 6.07) is 16.0. The first-order valence-corrected chi connectivity index (χ1v) is 11.4. The van der Waals surface area contributed by atoms with Gasteiger partial charge in [0.15, 0.2) is 5.65 Å². The van der Waals surface area contributed by atoms with Crippen molar-refractivity contribution in [1.82, 2.24) is 19.7 Å². The van der Waals surface area contributed by atoms with Crippen LogP contribution in [0.25, 0.3) is 21.6 Å². The fourth-order valence-corrected chi connectivity index (χ4v) is 4.44. The lowest BCUT2D eigenvalue weighted by atomic mass is 10.1. The van der Waals surface area contributed by atoms with Crippen molar-refractivity contribution in [2.24, 2.45) is 7.05 Å². The Bertz CT molecular complexity index is 1510. The Balaban J connectivity index is 1.45. The molecule has 0 radical (unpaired) electrons. The standard InChI is InChI=1S/C25H20N6O2S/c1-15-22-19(14-20(21-7-4-12-34-21)29-23(22)31(2)30-15)25(33)28-18-6-3-5-17(13-18)27-24(32)16-8-10-26-11-9-16/h3-14H,1-2H3,(H,27,32)(H,28,33). The fourth-order valence-electron chi connectivity index (χ4n) is 3.75. The molecular weight excluding hydrogens is 448 g/mol. The van der Waals surface area contributed by atoms with Crippen molar-refractivity contribution in [3.63, 3.8) is 0 Å². The third kappa shape index (κ3) is 4.16. The number of carbonyl (C=O) groups is 2. The van der Waals surface area contributed by atoms with E-state index in [4.69, 9.17) is 4.98 Å². The zero-order valence-electron chi connectivity index (χ0n) is 18.4. The van der Waals surface area contributed by atoms with E-state index in [1.165, 1.54) is 0 Å². The van der Waals surface area contributed by atoms with E-state index in [0.717, 1.165) is 10.6 Å². The molecule has 5 rings (SSSR count). The van der Waals surface area contributed by atoms with Gasteiger partial charge in [0.1, 0.15) is 0 Å². The molecule has 0 atom stereocenters. The van der Waals surface area contributed by atoms with E-state index in [2.05, 4.69) is 20.7 Å². The Morgan fingerprint density at radius 2 is 1.68 bits per heavy atom. The number of carbonyl (C=O) groups excluding carboxylic acids is 2. The number of pyridine rings is 2. The number of hydrogen-bond acceptors (Lipinski definition) is 6. The molecule has 4 aromatic heterocycles. The molecule has 0 aliphatic heterocycles. The SMILES string of the molecule is Cc1nn(C)c2nc(-c3cccs3)cc(C(=O)Nc3cccc(NC(=O)c4ccncc4)c3)c12. The predicted molar refractivity (Wildman–Crippen MR) is 133 cm³/mol. The van der Waals surface area contributed by atoms with E-state index < -0.39 is 0 Å². The lowest BCUT2D eigenvalue weighted by molar-refractivity contribution is 0.102. The summed E-state index contributed by atoms with van der Waals surface area (Å²) in [5.41, 5.74) is 4.20. The van der Waals surface area contributed by atoms with Crippen molar-refractivity contribution < 1.29 is 9.59 Å². The normalized spacial score (nSPS) is 10.9. The number of amides is 2. The predicted octanol–water partition coefficient (Wildman–Crippen LogP) is 4.90. The number of thiophene rings is 1. The van der Waals surface area contributed by atoms with Crippen LogP contribution in [0.2, 0.25) is 0 Å². The van der Waals surface area contributed by atoms with Gasteiger partial charge in [-0.1, -0.05) is 12.1 Å². The van der Waals surface area contributed by atoms with E-state index in [0.29, 0.717) is 39.2 Å². The summed E-state index contributed by atoms with van der Waals surface area (Å²) in [4.78, 5) is 35.5. The molecule has 168 valence electrons. The van der Waals surface area contributed by atoms with Crippen LogP contribution in [0.4, 0.5) is 11.4 Å². The molecule has 0 bridgehead atoms. The first kappa shape index (κ1) is 21.5. The highest BCUT2D eigenvalue weighted by molar-refractivity contribution is 7.13. The van der Waals surface area contributed by atoms with Crippen molar-refractivity contribution in [2.75, 3.05) is 10.6 Å². The van der Waals surface area contributed by atoms with Gasteiger partial charge in [-0.3, -0.25) is 19.3 Å². The van der Waals surface area contributed by atoms with Gasteiger partial charge in [0.2, 0.25) is 0 Å². The molecule has 0 fully saturated rings. The highest BCUT2D eigenvalue weighted by Gasteiger charge is 2.20. The largest absolute Gasteiger partial charge is 0.322 e. The van der Waals surface area contributed by atoms with Crippen molar-refractivity contribution in [3.05, 3.63) is 89.2 Å². The molecule has 8 nitrogen and oxygen atoms in total. The van der Waals surface area contributed by atoms with Crippen LogP contribution in [-0.4, -0.2) is 31.6 Å². The van der Waals surface area contributed by atoms with Gasteiger partial charge in [0.25, 0.3) is 11.8 Å². The van der Waals surface area contributed by atoms with Gasteiger partial charge in [-0.2, -0.15) is 5.10 Å². The number of rotatable bonds is 5. The van der Waals surface area contributed by atoms with Gasteiger partial charge in [0.05, 0.1) is 27.2 Å². The molecule has 0 aliphatic rings.